The SMILES string of the molecule is CC(C)(C)NS(=O)(=O)c1ccc(C(=O)Nc2ncc(Cc3cccc(C(F)(F)F)c3)s2)o1. The first-order valence-electron chi connectivity index (χ1n) is 9.29. The molecule has 2 heterocycles. The number of benzene rings is 1. The van der Waals surface area contributed by atoms with Gasteiger partial charge in [-0.15, -0.1) is 11.3 Å². The average Bonchev–Trinajstić information content (AvgIpc) is 3.29. The Bertz CT molecular complexity index is 1230. The molecule has 2 aromatic heterocycles. The monoisotopic (exact) mass is 487 g/mol. The van der Waals surface area contributed by atoms with Gasteiger partial charge in [0, 0.05) is 23.0 Å². The van der Waals surface area contributed by atoms with Crippen molar-refractivity contribution in [1.29, 1.82) is 0 Å². The van der Waals surface area contributed by atoms with Crippen LogP contribution in [0.3, 0.4) is 0 Å². The Kier molecular flexibility index (Phi) is 6.50. The minimum absolute atomic E-state index is 0.200. The van der Waals surface area contributed by atoms with Crippen molar-refractivity contribution in [2.75, 3.05) is 5.32 Å². The Morgan fingerprint density at radius 2 is 1.88 bits per heavy atom. The molecule has 0 atom stereocenters. The number of hydrogen-bond donors (Lipinski definition) is 2. The van der Waals surface area contributed by atoms with Crippen molar-refractivity contribution in [3.8, 4) is 0 Å². The Balaban J connectivity index is 1.68. The Hall–Kier alpha value is -2.70. The van der Waals surface area contributed by atoms with Gasteiger partial charge in [-0.2, -0.15) is 13.2 Å². The zero-order valence-electron chi connectivity index (χ0n) is 17.3. The van der Waals surface area contributed by atoms with Crippen LogP contribution in [0.4, 0.5) is 18.3 Å². The molecule has 0 aliphatic heterocycles. The lowest BCUT2D eigenvalue weighted by Crippen LogP contribution is -2.40. The van der Waals surface area contributed by atoms with Crippen LogP contribution in [0.25, 0.3) is 0 Å². The van der Waals surface area contributed by atoms with E-state index in [1.165, 1.54) is 24.4 Å². The molecule has 0 fully saturated rings. The molecule has 0 unspecified atom stereocenters. The predicted octanol–water partition coefficient (Wildman–Crippen LogP) is 4.67. The van der Waals surface area contributed by atoms with Crippen LogP contribution in [0.1, 0.15) is 47.3 Å². The first kappa shape index (κ1) is 24.0. The third kappa shape index (κ3) is 6.17. The van der Waals surface area contributed by atoms with Crippen molar-refractivity contribution in [2.24, 2.45) is 0 Å². The quantitative estimate of drug-likeness (QED) is 0.526. The molecular weight excluding hydrogens is 467 g/mol. The maximum Gasteiger partial charge on any atom is 0.416 e. The van der Waals surface area contributed by atoms with Crippen LogP contribution >= 0.6 is 11.3 Å². The number of anilines is 1. The molecule has 3 rings (SSSR count). The molecule has 2 N–H and O–H groups in total. The number of carbonyl (C=O) groups is 1. The van der Waals surface area contributed by atoms with Crippen LogP contribution in [0, 0.1) is 0 Å². The number of alkyl halides is 3. The van der Waals surface area contributed by atoms with Crippen LogP contribution in [-0.2, 0) is 22.6 Å². The lowest BCUT2D eigenvalue weighted by molar-refractivity contribution is -0.137. The summed E-state index contributed by atoms with van der Waals surface area (Å²) in [6.45, 7) is 5.00. The van der Waals surface area contributed by atoms with Gasteiger partial charge in [-0.25, -0.2) is 18.1 Å². The second kappa shape index (κ2) is 8.68. The fourth-order valence-corrected chi connectivity index (χ4v) is 4.90. The molecule has 0 bridgehead atoms. The molecule has 0 saturated carbocycles. The zero-order chi connectivity index (χ0) is 23.7. The lowest BCUT2D eigenvalue weighted by Gasteiger charge is -2.18. The largest absolute Gasteiger partial charge is 0.438 e. The number of sulfonamides is 1. The molecule has 7 nitrogen and oxygen atoms in total. The number of carbonyl (C=O) groups excluding carboxylic acids is 1. The number of aromatic nitrogens is 1. The molecule has 1 amide bonds. The van der Waals surface area contributed by atoms with E-state index in [0.29, 0.717) is 10.4 Å². The summed E-state index contributed by atoms with van der Waals surface area (Å²) in [5, 5.41) is 2.29. The summed E-state index contributed by atoms with van der Waals surface area (Å²) in [4.78, 5) is 17.1. The van der Waals surface area contributed by atoms with Crippen LogP contribution in [0.5, 0.6) is 0 Å². The number of furan rings is 1. The van der Waals surface area contributed by atoms with Gasteiger partial charge in [0.1, 0.15) is 0 Å². The highest BCUT2D eigenvalue weighted by Gasteiger charge is 2.30. The maximum absolute atomic E-state index is 12.9. The van der Waals surface area contributed by atoms with Gasteiger partial charge in [0.15, 0.2) is 10.9 Å². The van der Waals surface area contributed by atoms with E-state index in [2.05, 4.69) is 15.0 Å². The summed E-state index contributed by atoms with van der Waals surface area (Å²) in [6, 6.07) is 7.36. The van der Waals surface area contributed by atoms with Crippen LogP contribution in [-0.4, -0.2) is 24.8 Å². The second-order valence-electron chi connectivity index (χ2n) is 7.93. The van der Waals surface area contributed by atoms with Crippen molar-refractivity contribution in [3.05, 3.63) is 64.4 Å². The molecule has 0 aliphatic rings. The van der Waals surface area contributed by atoms with Gasteiger partial charge in [-0.3, -0.25) is 10.1 Å². The summed E-state index contributed by atoms with van der Waals surface area (Å²) in [7, 11) is -3.94. The van der Waals surface area contributed by atoms with Crippen molar-refractivity contribution in [1.82, 2.24) is 9.71 Å². The number of nitrogens with zero attached hydrogens (tertiary/aromatic N) is 1. The molecule has 0 radical (unpaired) electrons. The smallest absolute Gasteiger partial charge is 0.416 e. The Labute approximate surface area is 186 Å². The summed E-state index contributed by atoms with van der Waals surface area (Å²) in [6.07, 6.45) is -2.77. The highest BCUT2D eigenvalue weighted by molar-refractivity contribution is 7.89. The fourth-order valence-electron chi connectivity index (χ4n) is 2.70. The van der Waals surface area contributed by atoms with Gasteiger partial charge in [0.25, 0.3) is 15.9 Å². The lowest BCUT2D eigenvalue weighted by atomic mass is 10.1. The number of amides is 1. The number of thiazole rings is 1. The topological polar surface area (TPSA) is 101 Å². The number of nitrogens with one attached hydrogen (secondary N) is 2. The van der Waals surface area contributed by atoms with E-state index < -0.39 is 38.3 Å². The maximum atomic E-state index is 12.9. The third-order valence-electron chi connectivity index (χ3n) is 3.92. The molecule has 3 aromatic rings. The van der Waals surface area contributed by atoms with E-state index >= 15 is 0 Å². The Morgan fingerprint density at radius 1 is 1.16 bits per heavy atom. The predicted molar refractivity (Wildman–Crippen MR) is 113 cm³/mol. The standard InChI is InChI=1S/C20H20F3N3O4S2/c1-19(2,3)26-32(28,29)16-8-7-15(30-16)17(27)25-18-24-11-14(31-18)10-12-5-4-6-13(9-12)20(21,22)23/h4-9,11,26H,10H2,1-3H3,(H,24,25,27). The van der Waals surface area contributed by atoms with E-state index in [0.717, 1.165) is 23.5 Å². The van der Waals surface area contributed by atoms with Gasteiger partial charge >= 0.3 is 6.18 Å². The van der Waals surface area contributed by atoms with Gasteiger partial charge in [0.05, 0.1) is 5.56 Å². The molecule has 0 aliphatic carbocycles. The fraction of sp³-hybridized carbons (Fsp3) is 0.300. The molecule has 32 heavy (non-hydrogen) atoms. The van der Waals surface area contributed by atoms with Crippen LogP contribution in [0.15, 0.2) is 52.1 Å². The zero-order valence-corrected chi connectivity index (χ0v) is 18.9. The van der Waals surface area contributed by atoms with E-state index in [-0.39, 0.29) is 17.3 Å². The van der Waals surface area contributed by atoms with E-state index in [9.17, 15) is 26.4 Å². The van der Waals surface area contributed by atoms with E-state index in [1.54, 1.807) is 26.8 Å². The number of hydrogen-bond acceptors (Lipinski definition) is 6. The summed E-state index contributed by atoms with van der Waals surface area (Å²) in [5.41, 5.74) is -1.02. The first-order chi connectivity index (χ1) is 14.7. The third-order valence-corrected chi connectivity index (χ3v) is 6.46. The highest BCUT2D eigenvalue weighted by atomic mass is 32.2. The van der Waals surface area contributed by atoms with Gasteiger partial charge in [0.2, 0.25) is 5.09 Å². The van der Waals surface area contributed by atoms with Gasteiger partial charge < -0.3 is 4.42 Å². The summed E-state index contributed by atoms with van der Waals surface area (Å²) in [5.74, 6) is -0.934. The Morgan fingerprint density at radius 3 is 2.53 bits per heavy atom. The normalized spacial score (nSPS) is 12.7. The molecule has 0 spiro atoms. The van der Waals surface area contributed by atoms with Gasteiger partial charge in [-0.05, 0) is 44.5 Å². The molecule has 0 saturated heterocycles. The molecular formula is C20H20F3N3O4S2. The van der Waals surface area contributed by atoms with Crippen molar-refractivity contribution in [3.63, 3.8) is 0 Å². The second-order valence-corrected chi connectivity index (χ2v) is 10.7. The first-order valence-corrected chi connectivity index (χ1v) is 11.6. The number of rotatable bonds is 6. The van der Waals surface area contributed by atoms with Gasteiger partial charge in [-0.1, -0.05) is 18.2 Å². The van der Waals surface area contributed by atoms with E-state index in [4.69, 9.17) is 4.42 Å². The minimum Gasteiger partial charge on any atom is -0.438 e. The highest BCUT2D eigenvalue weighted by Crippen LogP contribution is 2.30. The summed E-state index contributed by atoms with van der Waals surface area (Å²) >= 11 is 1.09. The van der Waals surface area contributed by atoms with Crippen molar-refractivity contribution < 1.29 is 30.8 Å². The van der Waals surface area contributed by atoms with E-state index in [1.807, 2.05) is 0 Å². The van der Waals surface area contributed by atoms with Crippen molar-refractivity contribution in [2.45, 2.75) is 44.0 Å². The average molecular weight is 488 g/mol. The summed E-state index contributed by atoms with van der Waals surface area (Å²) < 4.78 is 70.8. The van der Waals surface area contributed by atoms with Crippen LogP contribution < -0.4 is 10.0 Å². The molecule has 1 aromatic carbocycles. The number of halogens is 3. The van der Waals surface area contributed by atoms with Crippen LogP contribution in [0.2, 0.25) is 0 Å². The molecule has 172 valence electrons. The molecule has 12 heteroatoms. The minimum atomic E-state index is -4.43. The van der Waals surface area contributed by atoms with Crippen molar-refractivity contribution >= 4 is 32.4 Å².